The van der Waals surface area contributed by atoms with Gasteiger partial charge in [0.15, 0.2) is 23.1 Å². The van der Waals surface area contributed by atoms with E-state index in [0.29, 0.717) is 35.6 Å². The van der Waals surface area contributed by atoms with Gasteiger partial charge in [0, 0.05) is 29.6 Å². The van der Waals surface area contributed by atoms with Crippen molar-refractivity contribution in [3.63, 3.8) is 0 Å². The summed E-state index contributed by atoms with van der Waals surface area (Å²) < 4.78 is 26.8. The third kappa shape index (κ3) is 3.76. The molecule has 0 radical (unpaired) electrons. The van der Waals surface area contributed by atoms with Crippen molar-refractivity contribution in [1.82, 2.24) is 25.1 Å². The van der Waals surface area contributed by atoms with E-state index in [0.717, 1.165) is 12.0 Å². The number of aromatic nitrogens is 5. The molecule has 1 aliphatic heterocycles. The second-order valence-electron chi connectivity index (χ2n) is 7.55. The number of benzene rings is 1. The van der Waals surface area contributed by atoms with Crippen molar-refractivity contribution in [2.45, 2.75) is 19.3 Å². The van der Waals surface area contributed by atoms with E-state index < -0.39 is 10.0 Å². The minimum absolute atomic E-state index is 0.0557. The third-order valence-corrected chi connectivity index (χ3v) is 7.43. The molecule has 0 saturated carbocycles. The molecular weight excluding hydrogens is 452 g/mol. The first-order valence-corrected chi connectivity index (χ1v) is 12.1. The Morgan fingerprint density at radius 1 is 1.12 bits per heavy atom. The van der Waals surface area contributed by atoms with Gasteiger partial charge in [-0.05, 0) is 42.7 Å². The predicted molar refractivity (Wildman–Crippen MR) is 121 cm³/mol. The van der Waals surface area contributed by atoms with Gasteiger partial charge in [0.2, 0.25) is 10.0 Å². The van der Waals surface area contributed by atoms with Crippen LogP contribution in [0.2, 0.25) is 5.02 Å². The Labute approximate surface area is 189 Å². The van der Waals surface area contributed by atoms with Crippen LogP contribution in [0.25, 0.3) is 22.4 Å². The first kappa shape index (κ1) is 20.7. The Bertz CT molecular complexity index is 1410. The number of fused-ring (bicyclic) bond motifs is 1. The van der Waals surface area contributed by atoms with Crippen molar-refractivity contribution >= 4 is 38.3 Å². The van der Waals surface area contributed by atoms with Crippen molar-refractivity contribution in [2.75, 3.05) is 16.6 Å². The number of sulfonamides is 1. The summed E-state index contributed by atoms with van der Waals surface area (Å²) in [6.45, 7) is 0.321. The molecule has 0 unspecified atom stereocenters. The fraction of sp³-hybridized carbons (Fsp3) is 0.238. The number of H-pyrrole nitrogens is 1. The Kier molecular flexibility index (Phi) is 5.18. The molecule has 11 heteroatoms. The monoisotopic (exact) mass is 470 g/mol. The van der Waals surface area contributed by atoms with Gasteiger partial charge in [-0.25, -0.2) is 13.4 Å². The number of hydrogen-bond donors (Lipinski definition) is 2. The molecule has 1 saturated heterocycles. The average Bonchev–Trinajstić information content (AvgIpc) is 3.24. The molecule has 5 rings (SSSR count). The van der Waals surface area contributed by atoms with E-state index in [-0.39, 0.29) is 34.4 Å². The van der Waals surface area contributed by atoms with Gasteiger partial charge in [0.25, 0.3) is 0 Å². The van der Waals surface area contributed by atoms with Crippen LogP contribution in [0.4, 0.5) is 5.82 Å². The molecule has 1 aromatic carbocycles. The van der Waals surface area contributed by atoms with E-state index in [1.165, 1.54) is 10.5 Å². The number of pyridine rings is 2. The highest BCUT2D eigenvalue weighted by Gasteiger charge is 2.30. The smallest absolute Gasteiger partial charge is 0.236 e. The van der Waals surface area contributed by atoms with Crippen molar-refractivity contribution < 1.29 is 13.5 Å². The molecule has 4 aromatic rings. The maximum atomic E-state index is 12.7. The van der Waals surface area contributed by atoms with Crippen LogP contribution in [0.1, 0.15) is 24.2 Å². The van der Waals surface area contributed by atoms with Crippen LogP contribution in [-0.4, -0.2) is 51.0 Å². The van der Waals surface area contributed by atoms with Crippen molar-refractivity contribution in [3.05, 3.63) is 59.0 Å². The molecule has 0 spiro atoms. The normalized spacial score (nSPS) is 15.8. The molecule has 1 aliphatic rings. The molecule has 32 heavy (non-hydrogen) atoms. The maximum Gasteiger partial charge on any atom is 0.236 e. The van der Waals surface area contributed by atoms with E-state index in [2.05, 4.69) is 25.1 Å². The van der Waals surface area contributed by atoms with Gasteiger partial charge in [0.05, 0.1) is 5.75 Å². The Morgan fingerprint density at radius 3 is 2.72 bits per heavy atom. The molecule has 0 atom stereocenters. The minimum Gasteiger partial charge on any atom is -0.504 e. The maximum absolute atomic E-state index is 12.7. The second-order valence-corrected chi connectivity index (χ2v) is 10.0. The summed E-state index contributed by atoms with van der Waals surface area (Å²) in [7, 11) is -3.51. The quantitative estimate of drug-likeness (QED) is 0.468. The highest BCUT2D eigenvalue weighted by Crippen LogP contribution is 2.38. The topological polar surface area (TPSA) is 125 Å². The summed E-state index contributed by atoms with van der Waals surface area (Å²) in [5, 5.41) is 20.3. The molecule has 9 nitrogen and oxygen atoms in total. The number of halogens is 1. The van der Waals surface area contributed by atoms with Crippen molar-refractivity contribution in [2.24, 2.45) is 0 Å². The molecule has 2 N–H and O–H groups in total. The van der Waals surface area contributed by atoms with Gasteiger partial charge in [-0.2, -0.15) is 0 Å². The van der Waals surface area contributed by atoms with Crippen LogP contribution in [0.5, 0.6) is 5.75 Å². The van der Waals surface area contributed by atoms with E-state index in [1.807, 2.05) is 12.1 Å². The van der Waals surface area contributed by atoms with Crippen LogP contribution in [0.15, 0.2) is 42.6 Å². The van der Waals surface area contributed by atoms with Crippen LogP contribution in [0, 0.1) is 0 Å². The summed E-state index contributed by atoms with van der Waals surface area (Å²) >= 11 is 5.94. The predicted octanol–water partition coefficient (Wildman–Crippen LogP) is 3.29. The lowest BCUT2D eigenvalue weighted by atomic mass is 10.1. The fourth-order valence-corrected chi connectivity index (χ4v) is 5.49. The number of nitrogens with one attached hydrogen (secondary N) is 1. The first-order chi connectivity index (χ1) is 15.4. The van der Waals surface area contributed by atoms with Gasteiger partial charge < -0.3 is 10.1 Å². The molecule has 0 aliphatic carbocycles. The molecular formula is C21H19ClN6O3S. The lowest BCUT2D eigenvalue weighted by molar-refractivity contribution is 0.479. The van der Waals surface area contributed by atoms with E-state index in [9.17, 15) is 13.5 Å². The van der Waals surface area contributed by atoms with Crippen LogP contribution >= 0.6 is 11.6 Å². The van der Waals surface area contributed by atoms with Crippen LogP contribution < -0.4 is 4.31 Å². The zero-order valence-corrected chi connectivity index (χ0v) is 18.4. The Hall–Kier alpha value is -3.24. The summed E-state index contributed by atoms with van der Waals surface area (Å²) in [6, 6.07) is 10.7. The number of nitrogens with zero attached hydrogens (tertiary/aromatic N) is 5. The van der Waals surface area contributed by atoms with Gasteiger partial charge in [0.1, 0.15) is 11.3 Å². The molecule has 0 amide bonds. The molecule has 1 fully saturated rings. The molecule has 4 heterocycles. The highest BCUT2D eigenvalue weighted by molar-refractivity contribution is 7.92. The Balaban J connectivity index is 1.60. The molecule has 3 aromatic heterocycles. The summed E-state index contributed by atoms with van der Waals surface area (Å²) in [5.74, 6) is 0.899. The first-order valence-electron chi connectivity index (χ1n) is 10.1. The van der Waals surface area contributed by atoms with Gasteiger partial charge >= 0.3 is 0 Å². The number of hydrogen-bond acceptors (Lipinski definition) is 7. The summed E-state index contributed by atoms with van der Waals surface area (Å²) in [6.07, 6.45) is 3.35. The number of rotatable bonds is 4. The zero-order valence-electron chi connectivity index (χ0n) is 16.9. The van der Waals surface area contributed by atoms with E-state index >= 15 is 0 Å². The van der Waals surface area contributed by atoms with Gasteiger partial charge in [-0.1, -0.05) is 23.7 Å². The molecule has 164 valence electrons. The second kappa shape index (κ2) is 8.03. The average molecular weight is 471 g/mol. The number of anilines is 1. The van der Waals surface area contributed by atoms with E-state index in [1.54, 1.807) is 24.3 Å². The minimum atomic E-state index is -3.51. The molecule has 0 bridgehead atoms. The van der Waals surface area contributed by atoms with Crippen molar-refractivity contribution in [3.8, 4) is 17.3 Å². The van der Waals surface area contributed by atoms with Crippen molar-refractivity contribution in [1.29, 1.82) is 0 Å². The lowest BCUT2D eigenvalue weighted by Gasteiger charge is -2.28. The fourth-order valence-electron chi connectivity index (χ4n) is 3.77. The number of aromatic hydroxyl groups is 1. The van der Waals surface area contributed by atoms with Crippen LogP contribution in [-0.2, 0) is 16.4 Å². The SMILES string of the molecule is O=S1(=O)CCCCN1c1nc(-c2nnc(Cc3ccc(Cl)cc3)[nH]2)c(O)c2ncccc12. The third-order valence-electron chi connectivity index (χ3n) is 5.34. The largest absolute Gasteiger partial charge is 0.504 e. The summed E-state index contributed by atoms with van der Waals surface area (Å²) in [4.78, 5) is 11.9. The summed E-state index contributed by atoms with van der Waals surface area (Å²) in [5.41, 5.74) is 1.33. The van der Waals surface area contributed by atoms with Crippen LogP contribution in [0.3, 0.4) is 0 Å². The Morgan fingerprint density at radius 2 is 1.94 bits per heavy atom. The highest BCUT2D eigenvalue weighted by atomic mass is 35.5. The lowest BCUT2D eigenvalue weighted by Crippen LogP contribution is -2.38. The number of aromatic amines is 1. The van der Waals surface area contributed by atoms with E-state index in [4.69, 9.17) is 11.6 Å². The standard InChI is InChI=1S/C21H19ClN6O3S/c22-14-7-5-13(6-8-14)12-16-24-20(27-26-16)18-19(29)17-15(4-3-9-23-17)21(25-18)28-10-1-2-11-32(28,30)31/h3-9,29H,1-2,10-12H2,(H,24,26,27). The van der Waals surface area contributed by atoms with Gasteiger partial charge in [-0.3, -0.25) is 9.29 Å². The van der Waals surface area contributed by atoms with Gasteiger partial charge in [-0.15, -0.1) is 10.2 Å². The zero-order chi connectivity index (χ0) is 22.3.